The molecule has 0 amide bonds. The van der Waals surface area contributed by atoms with Crippen molar-refractivity contribution in [2.75, 3.05) is 0 Å². The molecule has 0 nitrogen and oxygen atoms in total. The fourth-order valence-electron chi connectivity index (χ4n) is 0.739. The van der Waals surface area contributed by atoms with E-state index >= 15 is 0 Å². The summed E-state index contributed by atoms with van der Waals surface area (Å²) in [5.41, 5.74) is -0.565. The molecule has 0 bridgehead atoms. The second-order valence-electron chi connectivity index (χ2n) is 2.25. The van der Waals surface area contributed by atoms with Crippen LogP contribution in [0.2, 0.25) is 0 Å². The molecular formula is C7H6Cl2F3Zr. The molecule has 1 rings (SSSR count). The number of alkyl halides is 3. The third kappa shape index (κ3) is 5.93. The molecule has 6 heteroatoms. The van der Waals surface area contributed by atoms with Gasteiger partial charge in [-0.05, 0) is 0 Å². The van der Waals surface area contributed by atoms with Gasteiger partial charge in [0.25, 0.3) is 0 Å². The summed E-state index contributed by atoms with van der Waals surface area (Å²) in [6, 6.07) is 0. The van der Waals surface area contributed by atoms with Crippen molar-refractivity contribution in [3.63, 3.8) is 0 Å². The number of allylic oxidation sites excluding steroid dienone is 4. The molecule has 1 aliphatic carbocycles. The van der Waals surface area contributed by atoms with Crippen molar-refractivity contribution < 1.29 is 34.0 Å². The van der Waals surface area contributed by atoms with Crippen LogP contribution in [0.15, 0.2) is 23.8 Å². The van der Waals surface area contributed by atoms with E-state index in [9.17, 15) is 13.2 Å². The van der Waals surface area contributed by atoms with Gasteiger partial charge in [-0.15, -0.1) is 0 Å². The van der Waals surface area contributed by atoms with Crippen LogP contribution >= 0.6 is 17.0 Å². The van der Waals surface area contributed by atoms with Crippen molar-refractivity contribution in [2.45, 2.75) is 13.1 Å². The predicted octanol–water partition coefficient (Wildman–Crippen LogP) is 4.02. The quantitative estimate of drug-likeness (QED) is 0.634. The van der Waals surface area contributed by atoms with Crippen LogP contribution < -0.4 is 0 Å². The first-order valence-corrected chi connectivity index (χ1v) is 9.51. The van der Waals surface area contributed by atoms with Crippen LogP contribution in [-0.4, -0.2) is 6.18 Å². The van der Waals surface area contributed by atoms with Crippen LogP contribution in [-0.2, 0) is 20.8 Å². The molecular weight excluding hydrogens is 303 g/mol. The molecule has 0 heterocycles. The molecule has 0 aliphatic heterocycles. The van der Waals surface area contributed by atoms with E-state index in [4.69, 9.17) is 17.0 Å². The third-order valence-corrected chi connectivity index (χ3v) is 1.24. The molecule has 0 saturated heterocycles. The van der Waals surface area contributed by atoms with Crippen molar-refractivity contribution in [2.24, 2.45) is 0 Å². The summed E-state index contributed by atoms with van der Waals surface area (Å²) < 4.78 is 35.4. The molecule has 0 aromatic carbocycles. The van der Waals surface area contributed by atoms with Crippen LogP contribution in [0.1, 0.15) is 6.92 Å². The van der Waals surface area contributed by atoms with E-state index in [-0.39, 0.29) is 0 Å². The Bertz CT molecular complexity index is 210. The Labute approximate surface area is 93.5 Å². The average Bonchev–Trinajstić information content (AvgIpc) is 2.35. The molecule has 0 aromatic rings. The number of hydrogen-bond acceptors (Lipinski definition) is 0. The normalized spacial score (nSPS) is 16.3. The van der Waals surface area contributed by atoms with Crippen molar-refractivity contribution in [1.82, 2.24) is 0 Å². The summed E-state index contributed by atoms with van der Waals surface area (Å²) in [6.07, 6.45) is -0.535. The second kappa shape index (κ2) is 6.26. The molecule has 13 heavy (non-hydrogen) atoms. The number of hydrogen-bond donors (Lipinski definition) is 0. The Kier molecular flexibility index (Phi) is 6.61. The van der Waals surface area contributed by atoms with Crippen molar-refractivity contribution in [3.8, 4) is 0 Å². The minimum atomic E-state index is -4.19. The first-order chi connectivity index (χ1) is 5.91. The van der Waals surface area contributed by atoms with Crippen LogP contribution in [0.5, 0.6) is 0 Å². The monoisotopic (exact) mass is 307 g/mol. The van der Waals surface area contributed by atoms with Crippen LogP contribution in [0.3, 0.4) is 0 Å². The van der Waals surface area contributed by atoms with Gasteiger partial charge < -0.3 is 0 Å². The van der Waals surface area contributed by atoms with Gasteiger partial charge in [0.15, 0.2) is 0 Å². The summed E-state index contributed by atoms with van der Waals surface area (Å²) >= 11 is -0.826. The van der Waals surface area contributed by atoms with Gasteiger partial charge in [-0.2, -0.15) is 13.2 Å². The van der Waals surface area contributed by atoms with E-state index in [1.165, 1.54) is 6.08 Å². The Balaban J connectivity index is 0.000000424. The molecule has 1 aliphatic rings. The molecule has 0 saturated carbocycles. The van der Waals surface area contributed by atoms with Crippen LogP contribution in [0, 0.1) is 5.92 Å². The Morgan fingerprint density at radius 2 is 1.69 bits per heavy atom. The molecule has 73 valence electrons. The second-order valence-corrected chi connectivity index (χ2v) is 5.98. The molecule has 0 fully saturated rings. The Hall–Kier alpha value is 0.733. The standard InChI is InChI=1S/C7H6F3.2ClH.Zr/c1-5-2-3-6(4-5)7(8,9)10;;;/h2-4H,1H3;2*1H;/q;;;+2/p-2. The molecule has 0 aromatic heterocycles. The fourth-order valence-corrected chi connectivity index (χ4v) is 0.739. The summed E-state index contributed by atoms with van der Waals surface area (Å²) in [5.74, 6) is 0.646. The molecule has 0 spiro atoms. The van der Waals surface area contributed by atoms with Crippen LogP contribution in [0.25, 0.3) is 0 Å². The van der Waals surface area contributed by atoms with Gasteiger partial charge in [-0.25, -0.2) is 0 Å². The summed E-state index contributed by atoms with van der Waals surface area (Å²) in [5, 5.41) is 0. The first kappa shape index (κ1) is 13.7. The van der Waals surface area contributed by atoms with Gasteiger partial charge in [-0.1, -0.05) is 25.2 Å². The Morgan fingerprint density at radius 1 is 1.23 bits per heavy atom. The first-order valence-electron chi connectivity index (χ1n) is 3.18. The van der Waals surface area contributed by atoms with Gasteiger partial charge in [0.1, 0.15) is 0 Å². The molecule has 1 radical (unpaired) electrons. The van der Waals surface area contributed by atoms with E-state index < -0.39 is 32.6 Å². The number of rotatable bonds is 0. The SMILES string of the molecule is C[C]1C=CC(C(F)(F)F)=C1.[Cl][Zr][Cl]. The summed E-state index contributed by atoms with van der Waals surface area (Å²) in [4.78, 5) is 0. The van der Waals surface area contributed by atoms with Crippen molar-refractivity contribution in [3.05, 3.63) is 29.7 Å². The fraction of sp³-hybridized carbons (Fsp3) is 0.286. The molecule has 0 N–H and O–H groups in total. The van der Waals surface area contributed by atoms with Gasteiger partial charge in [-0.3, -0.25) is 0 Å². The van der Waals surface area contributed by atoms with E-state index in [0.717, 1.165) is 12.2 Å². The molecule has 0 unspecified atom stereocenters. The topological polar surface area (TPSA) is 0 Å². The zero-order chi connectivity index (χ0) is 10.5. The van der Waals surface area contributed by atoms with Gasteiger partial charge in [0.05, 0.1) is 5.57 Å². The van der Waals surface area contributed by atoms with Crippen molar-refractivity contribution in [1.29, 1.82) is 0 Å². The Morgan fingerprint density at radius 3 is 1.85 bits per heavy atom. The van der Waals surface area contributed by atoms with Gasteiger partial charge in [0.2, 0.25) is 0 Å². The zero-order valence-corrected chi connectivity index (χ0v) is 10.6. The average molecular weight is 309 g/mol. The van der Waals surface area contributed by atoms with E-state index in [0.29, 0.717) is 5.92 Å². The summed E-state index contributed by atoms with van der Waals surface area (Å²) in [7, 11) is 9.87. The van der Waals surface area contributed by atoms with Crippen LogP contribution in [0.4, 0.5) is 13.2 Å². The zero-order valence-electron chi connectivity index (χ0n) is 6.62. The van der Waals surface area contributed by atoms with E-state index in [1.54, 1.807) is 6.92 Å². The van der Waals surface area contributed by atoms with Gasteiger partial charge in [0, 0.05) is 5.92 Å². The van der Waals surface area contributed by atoms with Crippen molar-refractivity contribution >= 4 is 17.0 Å². The molecule has 0 atom stereocenters. The van der Waals surface area contributed by atoms with E-state index in [1.807, 2.05) is 0 Å². The van der Waals surface area contributed by atoms with Gasteiger partial charge >= 0.3 is 44.1 Å². The maximum atomic E-state index is 11.8. The minimum absolute atomic E-state index is 0.565. The van der Waals surface area contributed by atoms with E-state index in [2.05, 4.69) is 0 Å². The number of halogens is 5. The third-order valence-electron chi connectivity index (χ3n) is 1.24. The predicted molar refractivity (Wildman–Crippen MR) is 43.9 cm³/mol. The summed E-state index contributed by atoms with van der Waals surface area (Å²) in [6.45, 7) is 1.63. The maximum absolute atomic E-state index is 11.8.